The molecule has 0 heterocycles. The van der Waals surface area contributed by atoms with E-state index in [1.165, 1.54) is 24.3 Å². The zero-order valence-electron chi connectivity index (χ0n) is 15.3. The van der Waals surface area contributed by atoms with Gasteiger partial charge < -0.3 is 10.4 Å². The molecule has 3 rings (SSSR count). The minimum Gasteiger partial charge on any atom is -0.508 e. The van der Waals surface area contributed by atoms with Gasteiger partial charge in [0.15, 0.2) is 5.11 Å². The minimum atomic E-state index is -0.551. The SMILES string of the molecule is O=C(NNC(=S)NC(=O)C(c1ccccc1)c1ccccc1)c1ccc(O)cc1. The van der Waals surface area contributed by atoms with Crippen molar-refractivity contribution >= 4 is 29.1 Å². The number of phenolic OH excluding ortho intramolecular Hbond substituents is 1. The van der Waals surface area contributed by atoms with Gasteiger partial charge in [-0.05, 0) is 47.6 Å². The van der Waals surface area contributed by atoms with Crippen LogP contribution >= 0.6 is 12.2 Å². The number of hydrogen-bond acceptors (Lipinski definition) is 4. The maximum atomic E-state index is 12.9. The molecule has 6 nitrogen and oxygen atoms in total. The van der Waals surface area contributed by atoms with Crippen LogP contribution in [-0.2, 0) is 4.79 Å². The molecule has 0 aliphatic carbocycles. The maximum absolute atomic E-state index is 12.9. The molecule has 0 saturated heterocycles. The summed E-state index contributed by atoms with van der Waals surface area (Å²) < 4.78 is 0. The number of thiocarbonyl (C=S) groups is 1. The summed E-state index contributed by atoms with van der Waals surface area (Å²) in [5.41, 5.74) is 6.92. The summed E-state index contributed by atoms with van der Waals surface area (Å²) in [5, 5.41) is 11.9. The van der Waals surface area contributed by atoms with E-state index in [0.717, 1.165) is 11.1 Å². The van der Waals surface area contributed by atoms with Crippen LogP contribution in [-0.4, -0.2) is 22.0 Å². The van der Waals surface area contributed by atoms with Gasteiger partial charge in [0.25, 0.3) is 5.91 Å². The topological polar surface area (TPSA) is 90.5 Å². The lowest BCUT2D eigenvalue weighted by Gasteiger charge is -2.18. The third-order valence-electron chi connectivity index (χ3n) is 4.18. The van der Waals surface area contributed by atoms with Crippen molar-refractivity contribution in [3.05, 3.63) is 102 Å². The Kier molecular flexibility index (Phi) is 6.55. The fourth-order valence-electron chi connectivity index (χ4n) is 2.80. The Morgan fingerprint density at radius 1 is 0.759 bits per heavy atom. The van der Waals surface area contributed by atoms with Crippen molar-refractivity contribution in [3.63, 3.8) is 0 Å². The van der Waals surface area contributed by atoms with Gasteiger partial charge in [0, 0.05) is 5.56 Å². The number of carbonyl (C=O) groups is 2. The van der Waals surface area contributed by atoms with E-state index in [2.05, 4.69) is 16.2 Å². The van der Waals surface area contributed by atoms with E-state index in [1.54, 1.807) is 0 Å². The molecule has 29 heavy (non-hydrogen) atoms. The summed E-state index contributed by atoms with van der Waals surface area (Å²) in [5.74, 6) is -1.27. The van der Waals surface area contributed by atoms with Crippen LogP contribution in [0.5, 0.6) is 5.75 Å². The Hall–Kier alpha value is -3.71. The van der Waals surface area contributed by atoms with Gasteiger partial charge in [-0.1, -0.05) is 60.7 Å². The Morgan fingerprint density at radius 2 is 1.28 bits per heavy atom. The highest BCUT2D eigenvalue weighted by Crippen LogP contribution is 2.24. The van der Waals surface area contributed by atoms with E-state index in [1.807, 2.05) is 60.7 Å². The van der Waals surface area contributed by atoms with Gasteiger partial charge in [0.05, 0.1) is 5.92 Å². The fourth-order valence-corrected chi connectivity index (χ4v) is 2.95. The highest BCUT2D eigenvalue weighted by atomic mass is 32.1. The number of amides is 2. The smallest absolute Gasteiger partial charge is 0.269 e. The van der Waals surface area contributed by atoms with E-state index in [9.17, 15) is 14.7 Å². The predicted molar refractivity (Wildman–Crippen MR) is 114 cm³/mol. The number of benzene rings is 3. The number of nitrogens with one attached hydrogen (secondary N) is 3. The van der Waals surface area contributed by atoms with Crippen molar-refractivity contribution < 1.29 is 14.7 Å². The van der Waals surface area contributed by atoms with Crippen molar-refractivity contribution in [2.45, 2.75) is 5.92 Å². The van der Waals surface area contributed by atoms with E-state index in [-0.39, 0.29) is 16.8 Å². The molecule has 0 unspecified atom stereocenters. The number of carbonyl (C=O) groups excluding carboxylic acids is 2. The number of hydrogen-bond donors (Lipinski definition) is 4. The van der Waals surface area contributed by atoms with Crippen molar-refractivity contribution in [2.24, 2.45) is 0 Å². The lowest BCUT2D eigenvalue weighted by Crippen LogP contribution is -2.49. The molecule has 0 aliphatic heterocycles. The summed E-state index contributed by atoms with van der Waals surface area (Å²) in [4.78, 5) is 25.0. The molecule has 0 bridgehead atoms. The van der Waals surface area contributed by atoms with Crippen LogP contribution in [0.4, 0.5) is 0 Å². The molecule has 0 aliphatic rings. The van der Waals surface area contributed by atoms with Crippen molar-refractivity contribution in [3.8, 4) is 5.75 Å². The van der Waals surface area contributed by atoms with Crippen LogP contribution in [0.25, 0.3) is 0 Å². The first kappa shape index (κ1) is 20.0. The zero-order valence-corrected chi connectivity index (χ0v) is 16.1. The molecule has 0 radical (unpaired) electrons. The zero-order chi connectivity index (χ0) is 20.6. The summed E-state index contributed by atoms with van der Waals surface area (Å²) >= 11 is 5.14. The minimum absolute atomic E-state index is 0.0287. The first-order valence-electron chi connectivity index (χ1n) is 8.84. The average molecular weight is 405 g/mol. The molecular formula is C22H19N3O3S. The molecule has 0 fully saturated rings. The molecule has 0 atom stereocenters. The molecule has 2 amide bonds. The number of aromatic hydroxyl groups is 1. The highest BCUT2D eigenvalue weighted by Gasteiger charge is 2.23. The molecule has 0 saturated carbocycles. The van der Waals surface area contributed by atoms with Crippen molar-refractivity contribution in [1.29, 1.82) is 0 Å². The van der Waals surface area contributed by atoms with Gasteiger partial charge in [0.2, 0.25) is 5.91 Å². The Morgan fingerprint density at radius 3 is 1.79 bits per heavy atom. The quantitative estimate of drug-likeness (QED) is 0.396. The van der Waals surface area contributed by atoms with Crippen molar-refractivity contribution in [1.82, 2.24) is 16.2 Å². The maximum Gasteiger partial charge on any atom is 0.269 e. The van der Waals surface area contributed by atoms with Gasteiger partial charge in [-0.15, -0.1) is 0 Å². The Labute approximate surface area is 173 Å². The molecule has 4 N–H and O–H groups in total. The van der Waals surface area contributed by atoms with E-state index in [0.29, 0.717) is 5.56 Å². The van der Waals surface area contributed by atoms with Gasteiger partial charge >= 0.3 is 0 Å². The number of phenols is 1. The van der Waals surface area contributed by atoms with Crippen LogP contribution in [0.3, 0.4) is 0 Å². The summed E-state index contributed by atoms with van der Waals surface area (Å²) in [6.07, 6.45) is 0. The average Bonchev–Trinajstić information content (AvgIpc) is 2.74. The lowest BCUT2D eigenvalue weighted by atomic mass is 9.90. The van der Waals surface area contributed by atoms with Gasteiger partial charge in [0.1, 0.15) is 5.75 Å². The van der Waals surface area contributed by atoms with Crippen LogP contribution < -0.4 is 16.2 Å². The second kappa shape index (κ2) is 9.48. The monoisotopic (exact) mass is 405 g/mol. The third-order valence-corrected chi connectivity index (χ3v) is 4.39. The molecule has 3 aromatic rings. The van der Waals surface area contributed by atoms with Crippen molar-refractivity contribution in [2.75, 3.05) is 0 Å². The van der Waals surface area contributed by atoms with E-state index >= 15 is 0 Å². The third kappa shape index (κ3) is 5.40. The van der Waals surface area contributed by atoms with Crippen LogP contribution in [0.1, 0.15) is 27.4 Å². The second-order valence-electron chi connectivity index (χ2n) is 6.20. The van der Waals surface area contributed by atoms with Crippen LogP contribution in [0.15, 0.2) is 84.9 Å². The Bertz CT molecular complexity index is 953. The van der Waals surface area contributed by atoms with Crippen LogP contribution in [0.2, 0.25) is 0 Å². The first-order valence-corrected chi connectivity index (χ1v) is 9.25. The lowest BCUT2D eigenvalue weighted by molar-refractivity contribution is -0.120. The first-order chi connectivity index (χ1) is 14.0. The predicted octanol–water partition coefficient (Wildman–Crippen LogP) is 2.86. The summed E-state index contributed by atoms with van der Waals surface area (Å²) in [6.45, 7) is 0. The standard InChI is InChI=1S/C22H19N3O3S/c26-18-13-11-17(12-14-18)20(27)24-25-22(29)23-21(28)19(15-7-3-1-4-8-15)16-9-5-2-6-10-16/h1-14,19,26H,(H,24,27)(H2,23,25,28,29). The molecule has 146 valence electrons. The van der Waals surface area contributed by atoms with E-state index < -0.39 is 11.8 Å². The second-order valence-corrected chi connectivity index (χ2v) is 6.61. The van der Waals surface area contributed by atoms with Gasteiger partial charge in [-0.25, -0.2) is 0 Å². The molecular weight excluding hydrogens is 386 g/mol. The van der Waals surface area contributed by atoms with E-state index in [4.69, 9.17) is 12.2 Å². The van der Waals surface area contributed by atoms with Gasteiger partial charge in [-0.3, -0.25) is 20.4 Å². The fraction of sp³-hybridized carbons (Fsp3) is 0.0455. The Balaban J connectivity index is 1.65. The van der Waals surface area contributed by atoms with Crippen LogP contribution in [0, 0.1) is 0 Å². The largest absolute Gasteiger partial charge is 0.508 e. The number of rotatable bonds is 4. The van der Waals surface area contributed by atoms with Gasteiger partial charge in [-0.2, -0.15) is 0 Å². The number of hydrazine groups is 1. The molecule has 0 aromatic heterocycles. The molecule has 0 spiro atoms. The highest BCUT2D eigenvalue weighted by molar-refractivity contribution is 7.80. The molecule has 3 aromatic carbocycles. The normalized spacial score (nSPS) is 10.2. The summed E-state index contributed by atoms with van der Waals surface area (Å²) in [7, 11) is 0. The molecule has 7 heteroatoms. The summed E-state index contributed by atoms with van der Waals surface area (Å²) in [6, 6.07) is 24.5.